The van der Waals surface area contributed by atoms with Gasteiger partial charge in [-0.05, 0) is 31.2 Å². The van der Waals surface area contributed by atoms with Gasteiger partial charge in [-0.2, -0.15) is 0 Å². The van der Waals surface area contributed by atoms with Crippen LogP contribution in [0.5, 0.6) is 0 Å². The van der Waals surface area contributed by atoms with Crippen molar-refractivity contribution in [2.24, 2.45) is 11.8 Å². The highest BCUT2D eigenvalue weighted by Crippen LogP contribution is 2.30. The van der Waals surface area contributed by atoms with Gasteiger partial charge in [0.25, 0.3) is 0 Å². The third-order valence-electron chi connectivity index (χ3n) is 3.34. The van der Waals surface area contributed by atoms with Crippen LogP contribution in [0, 0.1) is 11.8 Å². The molecule has 2 atom stereocenters. The van der Waals surface area contributed by atoms with E-state index in [0.717, 1.165) is 24.9 Å². The fourth-order valence-electron chi connectivity index (χ4n) is 2.37. The largest absolute Gasteiger partial charge is 0.407 e. The van der Waals surface area contributed by atoms with Crippen molar-refractivity contribution in [3.63, 3.8) is 0 Å². The molecular formula is C12H22N4O. The SMILES string of the molecule is CCNCc1nnc(NCC2CCC(C)C2)o1. The molecule has 96 valence electrons. The summed E-state index contributed by atoms with van der Waals surface area (Å²) in [5.41, 5.74) is 0. The average Bonchev–Trinajstić information content (AvgIpc) is 2.93. The van der Waals surface area contributed by atoms with Gasteiger partial charge >= 0.3 is 6.01 Å². The first kappa shape index (κ1) is 12.4. The fraction of sp³-hybridized carbons (Fsp3) is 0.833. The zero-order chi connectivity index (χ0) is 12.1. The summed E-state index contributed by atoms with van der Waals surface area (Å²) in [6.07, 6.45) is 3.97. The molecule has 1 aliphatic carbocycles. The molecule has 1 saturated carbocycles. The standard InChI is InChI=1S/C12H22N4O/c1-3-13-8-11-15-16-12(17-11)14-7-10-5-4-9(2)6-10/h9-10,13H,3-8H2,1-2H3,(H,14,16). The molecule has 0 spiro atoms. The van der Waals surface area contributed by atoms with Crippen LogP contribution in [0.4, 0.5) is 6.01 Å². The summed E-state index contributed by atoms with van der Waals surface area (Å²) in [6.45, 7) is 6.88. The lowest BCUT2D eigenvalue weighted by atomic mass is 10.1. The van der Waals surface area contributed by atoms with Gasteiger partial charge in [-0.15, -0.1) is 5.10 Å². The van der Waals surface area contributed by atoms with Crippen molar-refractivity contribution in [1.29, 1.82) is 0 Å². The average molecular weight is 238 g/mol. The Morgan fingerprint density at radius 3 is 2.94 bits per heavy atom. The summed E-state index contributed by atoms with van der Waals surface area (Å²) in [4.78, 5) is 0. The van der Waals surface area contributed by atoms with E-state index in [4.69, 9.17) is 4.42 Å². The molecule has 2 rings (SSSR count). The summed E-state index contributed by atoms with van der Waals surface area (Å²) in [5.74, 6) is 2.28. The first-order valence-electron chi connectivity index (χ1n) is 6.55. The number of aromatic nitrogens is 2. The first-order chi connectivity index (χ1) is 8.28. The second-order valence-electron chi connectivity index (χ2n) is 4.95. The minimum atomic E-state index is 0.553. The maximum absolute atomic E-state index is 5.48. The molecule has 0 radical (unpaired) electrons. The monoisotopic (exact) mass is 238 g/mol. The zero-order valence-corrected chi connectivity index (χ0v) is 10.7. The van der Waals surface area contributed by atoms with Crippen molar-refractivity contribution >= 4 is 6.01 Å². The normalized spacial score (nSPS) is 24.1. The minimum absolute atomic E-state index is 0.553. The van der Waals surface area contributed by atoms with Crippen LogP contribution < -0.4 is 10.6 Å². The van der Waals surface area contributed by atoms with Crippen molar-refractivity contribution in [3.05, 3.63) is 5.89 Å². The molecule has 1 aromatic heterocycles. The first-order valence-corrected chi connectivity index (χ1v) is 6.55. The highest BCUT2D eigenvalue weighted by atomic mass is 16.4. The highest BCUT2D eigenvalue weighted by Gasteiger charge is 2.21. The molecular weight excluding hydrogens is 216 g/mol. The van der Waals surface area contributed by atoms with E-state index >= 15 is 0 Å². The predicted molar refractivity (Wildman–Crippen MR) is 66.7 cm³/mol. The van der Waals surface area contributed by atoms with E-state index in [2.05, 4.69) is 34.7 Å². The van der Waals surface area contributed by atoms with Gasteiger partial charge < -0.3 is 15.1 Å². The number of nitrogens with zero attached hydrogens (tertiary/aromatic N) is 2. The van der Waals surface area contributed by atoms with Crippen LogP contribution in [0.25, 0.3) is 0 Å². The van der Waals surface area contributed by atoms with Gasteiger partial charge in [0, 0.05) is 6.54 Å². The van der Waals surface area contributed by atoms with Crippen LogP contribution in [-0.2, 0) is 6.54 Å². The molecule has 5 heteroatoms. The van der Waals surface area contributed by atoms with Crippen LogP contribution in [-0.4, -0.2) is 23.3 Å². The van der Waals surface area contributed by atoms with Crippen molar-refractivity contribution in [2.45, 2.75) is 39.7 Å². The van der Waals surface area contributed by atoms with Crippen LogP contribution >= 0.6 is 0 Å². The van der Waals surface area contributed by atoms with Crippen molar-refractivity contribution in [3.8, 4) is 0 Å². The van der Waals surface area contributed by atoms with E-state index in [1.165, 1.54) is 19.3 Å². The second kappa shape index (κ2) is 6.00. The van der Waals surface area contributed by atoms with E-state index in [-0.39, 0.29) is 0 Å². The van der Waals surface area contributed by atoms with E-state index in [9.17, 15) is 0 Å². The van der Waals surface area contributed by atoms with Crippen molar-refractivity contribution in [2.75, 3.05) is 18.4 Å². The number of nitrogens with one attached hydrogen (secondary N) is 2. The summed E-state index contributed by atoms with van der Waals surface area (Å²) in [7, 11) is 0. The molecule has 0 bridgehead atoms. The third kappa shape index (κ3) is 3.70. The molecule has 0 aromatic carbocycles. The van der Waals surface area contributed by atoms with Crippen molar-refractivity contribution in [1.82, 2.24) is 15.5 Å². The number of anilines is 1. The number of hydrogen-bond acceptors (Lipinski definition) is 5. The summed E-state index contributed by atoms with van der Waals surface area (Å²) >= 11 is 0. The molecule has 17 heavy (non-hydrogen) atoms. The van der Waals surface area contributed by atoms with E-state index in [1.54, 1.807) is 0 Å². The molecule has 1 aromatic rings. The molecule has 1 aliphatic rings. The summed E-state index contributed by atoms with van der Waals surface area (Å²) < 4.78 is 5.48. The molecule has 1 heterocycles. The molecule has 0 aliphatic heterocycles. The Bertz CT molecular complexity index is 339. The van der Waals surface area contributed by atoms with Gasteiger partial charge in [0.05, 0.1) is 6.54 Å². The van der Waals surface area contributed by atoms with E-state index in [1.807, 2.05) is 0 Å². The molecule has 1 fully saturated rings. The van der Waals surface area contributed by atoms with Crippen LogP contribution in [0.2, 0.25) is 0 Å². The summed E-state index contributed by atoms with van der Waals surface area (Å²) in [5, 5.41) is 14.3. The lowest BCUT2D eigenvalue weighted by Gasteiger charge is -2.08. The smallest absolute Gasteiger partial charge is 0.315 e. The maximum atomic E-state index is 5.48. The Labute approximate surface area is 102 Å². The third-order valence-corrected chi connectivity index (χ3v) is 3.34. The van der Waals surface area contributed by atoms with Crippen LogP contribution in [0.3, 0.4) is 0 Å². The minimum Gasteiger partial charge on any atom is -0.407 e. The highest BCUT2D eigenvalue weighted by molar-refractivity contribution is 5.17. The molecule has 2 N–H and O–H groups in total. The molecule has 2 unspecified atom stereocenters. The Kier molecular flexibility index (Phi) is 4.36. The van der Waals surface area contributed by atoms with E-state index in [0.29, 0.717) is 18.5 Å². The quantitative estimate of drug-likeness (QED) is 0.794. The van der Waals surface area contributed by atoms with E-state index < -0.39 is 0 Å². The van der Waals surface area contributed by atoms with Crippen molar-refractivity contribution < 1.29 is 4.42 Å². The Morgan fingerprint density at radius 1 is 1.35 bits per heavy atom. The number of hydrogen-bond donors (Lipinski definition) is 2. The van der Waals surface area contributed by atoms with Crippen LogP contribution in [0.15, 0.2) is 4.42 Å². The Balaban J connectivity index is 1.73. The number of rotatable bonds is 6. The lowest BCUT2D eigenvalue weighted by molar-refractivity contribution is 0.472. The zero-order valence-electron chi connectivity index (χ0n) is 10.7. The predicted octanol–water partition coefficient (Wildman–Crippen LogP) is 2.03. The van der Waals surface area contributed by atoms with Gasteiger partial charge in [0.1, 0.15) is 0 Å². The topological polar surface area (TPSA) is 63.0 Å². The molecule has 0 amide bonds. The van der Waals surface area contributed by atoms with Crippen LogP contribution in [0.1, 0.15) is 39.0 Å². The van der Waals surface area contributed by atoms with Gasteiger partial charge in [0.15, 0.2) is 0 Å². The van der Waals surface area contributed by atoms with Gasteiger partial charge in [-0.25, -0.2) is 0 Å². The Hall–Kier alpha value is -1.10. The molecule has 0 saturated heterocycles. The molecule has 5 nitrogen and oxygen atoms in total. The maximum Gasteiger partial charge on any atom is 0.315 e. The van der Waals surface area contributed by atoms with Gasteiger partial charge in [-0.3, -0.25) is 0 Å². The Morgan fingerprint density at radius 2 is 2.24 bits per heavy atom. The van der Waals surface area contributed by atoms with Gasteiger partial charge in [-0.1, -0.05) is 25.4 Å². The van der Waals surface area contributed by atoms with Gasteiger partial charge in [0.2, 0.25) is 5.89 Å². The fourth-order valence-corrected chi connectivity index (χ4v) is 2.37. The lowest BCUT2D eigenvalue weighted by Crippen LogP contribution is -2.12. The second-order valence-corrected chi connectivity index (χ2v) is 4.95. The summed E-state index contributed by atoms with van der Waals surface area (Å²) in [6, 6.07) is 0.553.